The van der Waals surface area contributed by atoms with Crippen molar-refractivity contribution in [2.75, 3.05) is 12.4 Å². The molecule has 0 radical (unpaired) electrons. The van der Waals surface area contributed by atoms with Crippen molar-refractivity contribution in [1.82, 2.24) is 0 Å². The molecule has 4 nitrogen and oxygen atoms in total. The number of ether oxygens (including phenoxy) is 1. The fourth-order valence-electron chi connectivity index (χ4n) is 3.81. The standard InChI is InChI=1S/C22H26ClNO3S/c1-12(25)19-15-8-6-13(22(2,3)4)10-18(15)28-21(19)24-20(26)16-11-14(23)7-9-17(16)27-5/h7,9,11,13H,6,8,10H2,1-5H3,(H,24,26). The van der Waals surface area contributed by atoms with Crippen molar-refractivity contribution in [2.24, 2.45) is 11.3 Å². The number of carbonyl (C=O) groups is 2. The van der Waals surface area contributed by atoms with Crippen molar-refractivity contribution in [3.63, 3.8) is 0 Å². The Morgan fingerprint density at radius 3 is 2.61 bits per heavy atom. The maximum atomic E-state index is 12.9. The Morgan fingerprint density at radius 2 is 2.00 bits per heavy atom. The molecule has 1 aliphatic carbocycles. The average Bonchev–Trinajstić information content (AvgIpc) is 2.97. The van der Waals surface area contributed by atoms with Gasteiger partial charge in [0.15, 0.2) is 5.78 Å². The van der Waals surface area contributed by atoms with Crippen LogP contribution in [-0.2, 0) is 12.8 Å². The number of amides is 1. The summed E-state index contributed by atoms with van der Waals surface area (Å²) >= 11 is 7.58. The summed E-state index contributed by atoms with van der Waals surface area (Å²) in [6.07, 6.45) is 2.88. The molecule has 0 aliphatic heterocycles. The number of benzene rings is 1. The van der Waals surface area contributed by atoms with Crippen LogP contribution in [0.2, 0.25) is 5.02 Å². The number of carbonyl (C=O) groups excluding carboxylic acids is 2. The predicted molar refractivity (Wildman–Crippen MR) is 115 cm³/mol. The van der Waals surface area contributed by atoms with Crippen LogP contribution in [-0.4, -0.2) is 18.8 Å². The number of hydrogen-bond donors (Lipinski definition) is 1. The lowest BCUT2D eigenvalue weighted by atomic mass is 9.72. The van der Waals surface area contributed by atoms with Crippen LogP contribution in [0.5, 0.6) is 5.75 Å². The number of halogens is 1. The van der Waals surface area contributed by atoms with Crippen LogP contribution in [0.25, 0.3) is 0 Å². The number of rotatable bonds is 4. The summed E-state index contributed by atoms with van der Waals surface area (Å²) < 4.78 is 5.29. The first kappa shape index (κ1) is 20.9. The molecule has 1 amide bonds. The van der Waals surface area contributed by atoms with E-state index in [1.54, 1.807) is 25.1 Å². The van der Waals surface area contributed by atoms with Crippen molar-refractivity contribution in [2.45, 2.75) is 47.0 Å². The smallest absolute Gasteiger partial charge is 0.260 e. The highest BCUT2D eigenvalue weighted by Gasteiger charge is 2.33. The van der Waals surface area contributed by atoms with Gasteiger partial charge >= 0.3 is 0 Å². The van der Waals surface area contributed by atoms with Gasteiger partial charge in [-0.2, -0.15) is 0 Å². The Hall–Kier alpha value is -1.85. The molecule has 0 bridgehead atoms. The zero-order valence-electron chi connectivity index (χ0n) is 16.9. The number of methoxy groups -OCH3 is 1. The van der Waals surface area contributed by atoms with Crippen LogP contribution < -0.4 is 10.1 Å². The van der Waals surface area contributed by atoms with Crippen LogP contribution in [0.3, 0.4) is 0 Å². The molecule has 28 heavy (non-hydrogen) atoms. The molecule has 2 aromatic rings. The lowest BCUT2D eigenvalue weighted by Gasteiger charge is -2.33. The van der Waals surface area contributed by atoms with Gasteiger partial charge in [0.2, 0.25) is 0 Å². The molecule has 1 heterocycles. The lowest BCUT2D eigenvalue weighted by Crippen LogP contribution is -2.26. The van der Waals surface area contributed by atoms with Gasteiger partial charge in [-0.05, 0) is 61.3 Å². The number of thiophene rings is 1. The van der Waals surface area contributed by atoms with Gasteiger partial charge in [-0.3, -0.25) is 9.59 Å². The molecule has 3 rings (SSSR count). The highest BCUT2D eigenvalue weighted by molar-refractivity contribution is 7.17. The maximum Gasteiger partial charge on any atom is 0.260 e. The number of hydrogen-bond acceptors (Lipinski definition) is 4. The zero-order chi connectivity index (χ0) is 20.6. The molecule has 1 N–H and O–H groups in total. The van der Waals surface area contributed by atoms with Crippen LogP contribution in [0.15, 0.2) is 18.2 Å². The van der Waals surface area contributed by atoms with Gasteiger partial charge in [0.05, 0.1) is 18.2 Å². The molecule has 1 aromatic heterocycles. The molecule has 150 valence electrons. The second-order valence-electron chi connectivity index (χ2n) is 8.37. The quantitative estimate of drug-likeness (QED) is 0.617. The Bertz CT molecular complexity index is 927. The molecule has 1 aromatic carbocycles. The first-order valence-electron chi connectivity index (χ1n) is 9.42. The normalized spacial score (nSPS) is 16.4. The van der Waals surface area contributed by atoms with E-state index in [1.165, 1.54) is 23.3 Å². The molecule has 0 spiro atoms. The third-order valence-electron chi connectivity index (χ3n) is 5.48. The van der Waals surface area contributed by atoms with Gasteiger partial charge in [0.1, 0.15) is 10.8 Å². The van der Waals surface area contributed by atoms with Crippen LogP contribution in [0.1, 0.15) is 65.3 Å². The molecule has 0 saturated carbocycles. The van der Waals surface area contributed by atoms with Gasteiger partial charge in [-0.25, -0.2) is 0 Å². The van der Waals surface area contributed by atoms with Crippen molar-refractivity contribution in [3.8, 4) is 5.75 Å². The second-order valence-corrected chi connectivity index (χ2v) is 9.91. The number of Topliss-reactive ketones (excluding diaryl/α,β-unsaturated/α-hetero) is 1. The molecule has 0 fully saturated rings. The molecule has 0 saturated heterocycles. The van der Waals surface area contributed by atoms with Crippen molar-refractivity contribution in [3.05, 3.63) is 44.8 Å². The van der Waals surface area contributed by atoms with E-state index in [9.17, 15) is 9.59 Å². The highest BCUT2D eigenvalue weighted by atomic mass is 35.5. The predicted octanol–water partition coefficient (Wildman–Crippen LogP) is 6.02. The van der Waals surface area contributed by atoms with Crippen LogP contribution in [0, 0.1) is 11.3 Å². The van der Waals surface area contributed by atoms with E-state index in [0.717, 1.165) is 24.8 Å². The van der Waals surface area contributed by atoms with E-state index < -0.39 is 0 Å². The largest absolute Gasteiger partial charge is 0.496 e. The van der Waals surface area contributed by atoms with Crippen molar-refractivity contribution >= 4 is 39.6 Å². The Kier molecular flexibility index (Phi) is 5.87. The first-order chi connectivity index (χ1) is 13.1. The first-order valence-corrected chi connectivity index (χ1v) is 10.6. The summed E-state index contributed by atoms with van der Waals surface area (Å²) in [6, 6.07) is 4.91. The van der Waals surface area contributed by atoms with E-state index >= 15 is 0 Å². The Morgan fingerprint density at radius 1 is 1.29 bits per heavy atom. The molecule has 1 aliphatic rings. The Balaban J connectivity index is 1.95. The minimum absolute atomic E-state index is 0.0138. The SMILES string of the molecule is COc1ccc(Cl)cc1C(=O)Nc1sc2c(c1C(C)=O)CCC(C(C)(C)C)C2. The summed E-state index contributed by atoms with van der Waals surface area (Å²) in [5, 5.41) is 4.02. The number of nitrogens with one attached hydrogen (secondary N) is 1. The van der Waals surface area contributed by atoms with Gasteiger partial charge in [0, 0.05) is 9.90 Å². The van der Waals surface area contributed by atoms with E-state index in [1.807, 2.05) is 0 Å². The molecule has 1 atom stereocenters. The minimum Gasteiger partial charge on any atom is -0.496 e. The van der Waals surface area contributed by atoms with E-state index in [0.29, 0.717) is 32.8 Å². The van der Waals surface area contributed by atoms with Crippen molar-refractivity contribution in [1.29, 1.82) is 0 Å². The van der Waals surface area contributed by atoms with Crippen molar-refractivity contribution < 1.29 is 14.3 Å². The zero-order valence-corrected chi connectivity index (χ0v) is 18.5. The fraction of sp³-hybridized carbons (Fsp3) is 0.455. The van der Waals surface area contributed by atoms with E-state index in [2.05, 4.69) is 26.1 Å². The molecule has 1 unspecified atom stereocenters. The summed E-state index contributed by atoms with van der Waals surface area (Å²) in [5.41, 5.74) is 2.33. The summed E-state index contributed by atoms with van der Waals surface area (Å²) in [6.45, 7) is 8.34. The monoisotopic (exact) mass is 419 g/mol. The fourth-order valence-corrected chi connectivity index (χ4v) is 5.36. The topological polar surface area (TPSA) is 55.4 Å². The van der Waals surface area contributed by atoms with Crippen LogP contribution >= 0.6 is 22.9 Å². The third-order valence-corrected chi connectivity index (χ3v) is 6.88. The van der Waals surface area contributed by atoms with Gasteiger partial charge in [-0.15, -0.1) is 11.3 Å². The number of fused-ring (bicyclic) bond motifs is 1. The minimum atomic E-state index is -0.326. The third kappa shape index (κ3) is 4.11. The lowest BCUT2D eigenvalue weighted by molar-refractivity contribution is 0.101. The maximum absolute atomic E-state index is 12.9. The summed E-state index contributed by atoms with van der Waals surface area (Å²) in [7, 11) is 1.51. The molecular weight excluding hydrogens is 394 g/mol. The average molecular weight is 420 g/mol. The summed E-state index contributed by atoms with van der Waals surface area (Å²) in [5.74, 6) is 0.670. The second kappa shape index (κ2) is 7.88. The van der Waals surface area contributed by atoms with Gasteiger partial charge in [0.25, 0.3) is 5.91 Å². The number of anilines is 1. The van der Waals surface area contributed by atoms with Gasteiger partial charge in [-0.1, -0.05) is 32.4 Å². The molecule has 6 heteroatoms. The Labute approximate surface area is 175 Å². The summed E-state index contributed by atoms with van der Waals surface area (Å²) in [4.78, 5) is 26.5. The van der Waals surface area contributed by atoms with E-state index in [-0.39, 0.29) is 17.1 Å². The highest BCUT2D eigenvalue weighted by Crippen LogP contribution is 2.44. The van der Waals surface area contributed by atoms with E-state index in [4.69, 9.17) is 16.3 Å². The number of ketones is 1. The van der Waals surface area contributed by atoms with Crippen LogP contribution in [0.4, 0.5) is 5.00 Å². The molecular formula is C22H26ClNO3S. The van der Waals surface area contributed by atoms with Gasteiger partial charge < -0.3 is 10.1 Å².